The molecule has 0 aromatic heterocycles. The van der Waals surface area contributed by atoms with Gasteiger partial charge in [0, 0.05) is 17.7 Å². The van der Waals surface area contributed by atoms with Crippen molar-refractivity contribution in [1.82, 2.24) is 0 Å². The first kappa shape index (κ1) is 35.8. The number of halogens is 1. The van der Waals surface area contributed by atoms with Gasteiger partial charge in [-0.3, -0.25) is 0 Å². The fourth-order valence-electron chi connectivity index (χ4n) is 5.54. The van der Waals surface area contributed by atoms with Crippen LogP contribution in [0, 0.1) is 0 Å². The van der Waals surface area contributed by atoms with Crippen molar-refractivity contribution in [2.75, 3.05) is 26.9 Å². The van der Waals surface area contributed by atoms with Gasteiger partial charge in [-0.25, -0.2) is 0 Å². The minimum atomic E-state index is -2.21. The Morgan fingerprint density at radius 1 is 0.915 bits per heavy atom. The summed E-state index contributed by atoms with van der Waals surface area (Å²) in [6.07, 6.45) is -5.29. The Morgan fingerprint density at radius 3 is 2.36 bits per heavy atom. The second-order valence-corrected chi connectivity index (χ2v) is 19.1. The molecule has 1 saturated heterocycles. The highest BCUT2D eigenvalue weighted by molar-refractivity contribution is 6.74. The first-order chi connectivity index (χ1) is 22.2. The van der Waals surface area contributed by atoms with Crippen LogP contribution in [0.2, 0.25) is 23.2 Å². The van der Waals surface area contributed by atoms with Crippen LogP contribution in [-0.2, 0) is 37.5 Å². The third-order valence-corrected chi connectivity index (χ3v) is 14.3. The Kier molecular flexibility index (Phi) is 11.1. The zero-order valence-electron chi connectivity index (χ0n) is 27.9. The van der Waals surface area contributed by atoms with Crippen molar-refractivity contribution in [1.29, 1.82) is 0 Å². The number of hydrogen-bond acceptors (Lipinski definition) is 9. The van der Waals surface area contributed by atoms with Crippen LogP contribution >= 0.6 is 11.6 Å². The Labute approximate surface area is 283 Å². The maximum Gasteiger partial charge on any atom is 0.224 e. The van der Waals surface area contributed by atoms with Crippen molar-refractivity contribution < 1.29 is 43.4 Å². The van der Waals surface area contributed by atoms with Crippen LogP contribution in [0.1, 0.15) is 43.0 Å². The van der Waals surface area contributed by atoms with Gasteiger partial charge in [0.1, 0.15) is 31.0 Å². The molecule has 1 unspecified atom stereocenters. The molecular formula is C36H47ClO9Si. The molecule has 2 aliphatic heterocycles. The highest BCUT2D eigenvalue weighted by atomic mass is 35.5. The summed E-state index contributed by atoms with van der Waals surface area (Å²) in [5, 5.41) is 33.5. The maximum atomic E-state index is 11.3. The van der Waals surface area contributed by atoms with Crippen LogP contribution in [0.25, 0.3) is 0 Å². The Hall–Kier alpha value is -2.51. The molecule has 11 heteroatoms. The molecule has 0 radical (unpaired) electrons. The van der Waals surface area contributed by atoms with Crippen molar-refractivity contribution in [2.24, 2.45) is 0 Å². The number of ether oxygens (including phenoxy) is 5. The summed E-state index contributed by atoms with van der Waals surface area (Å²) in [5.41, 5.74) is 3.20. The molecule has 2 heterocycles. The van der Waals surface area contributed by atoms with Gasteiger partial charge in [0.25, 0.3) is 0 Å². The molecule has 3 N–H and O–H groups in total. The number of rotatable bonds is 11. The van der Waals surface area contributed by atoms with Crippen LogP contribution < -0.4 is 9.47 Å². The predicted molar refractivity (Wildman–Crippen MR) is 181 cm³/mol. The van der Waals surface area contributed by atoms with Crippen molar-refractivity contribution in [3.8, 4) is 11.5 Å². The van der Waals surface area contributed by atoms with E-state index in [1.54, 1.807) is 18.2 Å². The fourth-order valence-corrected chi connectivity index (χ4v) is 6.74. The Balaban J connectivity index is 1.32. The molecule has 6 atom stereocenters. The molecule has 0 saturated carbocycles. The molecule has 47 heavy (non-hydrogen) atoms. The SMILES string of the molecule is CO[C@@]1(c2ccc(Cl)c(Cc3ccc4c(c3)OC(COCc3ccccc3)CO4)c2)O[C@H](CO[Si](C)(C)C(C)(C)C)[C@@H](O)[C@H](O)[C@H]1O. The highest BCUT2D eigenvalue weighted by Crippen LogP contribution is 2.42. The summed E-state index contributed by atoms with van der Waals surface area (Å²) >= 11 is 6.69. The standard InChI is InChI=1S/C36H47ClO9Si/c1-35(2,3)47(5,6)44-22-31-32(38)33(39)34(40)36(41-4,46-31)26-13-14-28(37)25(18-26)16-24-12-15-29-30(17-24)45-27(21-43-29)20-42-19-23-10-8-7-9-11-23/h7-15,17-18,27,31-34,38-40H,16,19-22H2,1-6H3/t27?,31-,32-,33+,34-,36+/m1/s1. The largest absolute Gasteiger partial charge is 0.486 e. The van der Waals surface area contributed by atoms with Crippen molar-refractivity contribution >= 4 is 19.9 Å². The third kappa shape index (κ3) is 7.88. The fraction of sp³-hybridized carbons (Fsp3) is 0.500. The van der Waals surface area contributed by atoms with Crippen LogP contribution in [0.4, 0.5) is 0 Å². The number of aliphatic hydroxyl groups excluding tert-OH is 3. The van der Waals surface area contributed by atoms with Gasteiger partial charge in [-0.15, -0.1) is 0 Å². The molecule has 0 amide bonds. The molecule has 0 aliphatic carbocycles. The monoisotopic (exact) mass is 686 g/mol. The smallest absolute Gasteiger partial charge is 0.224 e. The third-order valence-electron chi connectivity index (χ3n) is 9.47. The van der Waals surface area contributed by atoms with Crippen LogP contribution in [0.15, 0.2) is 66.7 Å². The van der Waals surface area contributed by atoms with E-state index in [1.807, 2.05) is 48.5 Å². The highest BCUT2D eigenvalue weighted by Gasteiger charge is 2.55. The van der Waals surface area contributed by atoms with E-state index in [1.165, 1.54) is 7.11 Å². The Bertz CT molecular complexity index is 1500. The van der Waals surface area contributed by atoms with E-state index < -0.39 is 38.5 Å². The molecule has 2 aliphatic rings. The molecule has 5 rings (SSSR count). The molecule has 3 aromatic carbocycles. The number of benzene rings is 3. The summed E-state index contributed by atoms with van der Waals surface area (Å²) in [6, 6.07) is 20.9. The molecule has 1 fully saturated rings. The number of hydrogen-bond donors (Lipinski definition) is 3. The topological polar surface area (TPSA) is 116 Å². The average molecular weight is 687 g/mol. The first-order valence-electron chi connectivity index (χ1n) is 16.0. The summed E-state index contributed by atoms with van der Waals surface area (Å²) < 4.78 is 36.6. The van der Waals surface area contributed by atoms with Gasteiger partial charge < -0.3 is 43.4 Å². The molecule has 256 valence electrons. The van der Waals surface area contributed by atoms with E-state index in [-0.39, 0.29) is 17.7 Å². The zero-order chi connectivity index (χ0) is 34.0. The second-order valence-electron chi connectivity index (χ2n) is 13.8. The molecular weight excluding hydrogens is 640 g/mol. The number of aliphatic hydroxyl groups is 3. The van der Waals surface area contributed by atoms with Crippen molar-refractivity contribution in [3.05, 3.63) is 94.0 Å². The summed E-state index contributed by atoms with van der Waals surface area (Å²) in [4.78, 5) is 0. The zero-order valence-corrected chi connectivity index (χ0v) is 29.7. The van der Waals surface area contributed by atoms with E-state index in [0.717, 1.165) is 16.7 Å². The lowest BCUT2D eigenvalue weighted by atomic mass is 9.87. The molecule has 0 spiro atoms. The van der Waals surface area contributed by atoms with Gasteiger partial charge in [0.2, 0.25) is 5.79 Å². The van der Waals surface area contributed by atoms with Crippen LogP contribution in [-0.4, -0.2) is 81.1 Å². The number of methoxy groups -OCH3 is 1. The van der Waals surface area contributed by atoms with Gasteiger partial charge in [-0.2, -0.15) is 0 Å². The van der Waals surface area contributed by atoms with Gasteiger partial charge in [0.05, 0.1) is 19.8 Å². The van der Waals surface area contributed by atoms with Crippen molar-refractivity contribution in [2.45, 2.75) is 88.2 Å². The Morgan fingerprint density at radius 2 is 1.66 bits per heavy atom. The summed E-state index contributed by atoms with van der Waals surface area (Å²) in [5.74, 6) is -0.502. The molecule has 9 nitrogen and oxygen atoms in total. The minimum Gasteiger partial charge on any atom is -0.486 e. The first-order valence-corrected chi connectivity index (χ1v) is 19.3. The minimum absolute atomic E-state index is 0.0302. The summed E-state index contributed by atoms with van der Waals surface area (Å²) in [6.45, 7) is 11.8. The predicted octanol–water partition coefficient (Wildman–Crippen LogP) is 5.59. The second kappa shape index (κ2) is 14.5. The van der Waals surface area contributed by atoms with Crippen LogP contribution in [0.5, 0.6) is 11.5 Å². The average Bonchev–Trinajstić information content (AvgIpc) is 3.04. The lowest BCUT2D eigenvalue weighted by Gasteiger charge is -2.49. The van der Waals surface area contributed by atoms with Gasteiger partial charge in [0.15, 0.2) is 25.9 Å². The lowest BCUT2D eigenvalue weighted by Crippen LogP contribution is -2.64. The maximum absolute atomic E-state index is 11.3. The lowest BCUT2D eigenvalue weighted by molar-refractivity contribution is -0.365. The van der Waals surface area contributed by atoms with E-state index in [0.29, 0.717) is 48.3 Å². The molecule has 0 bridgehead atoms. The van der Waals surface area contributed by atoms with E-state index in [4.69, 9.17) is 39.7 Å². The number of fused-ring (bicyclic) bond motifs is 1. The van der Waals surface area contributed by atoms with Crippen LogP contribution in [0.3, 0.4) is 0 Å². The summed E-state index contributed by atoms with van der Waals surface area (Å²) in [7, 11) is -0.811. The van der Waals surface area contributed by atoms with E-state index in [2.05, 4.69) is 33.9 Å². The molecule has 3 aromatic rings. The van der Waals surface area contributed by atoms with Crippen molar-refractivity contribution in [3.63, 3.8) is 0 Å². The van der Waals surface area contributed by atoms with E-state index >= 15 is 0 Å². The van der Waals surface area contributed by atoms with Gasteiger partial charge >= 0.3 is 0 Å². The van der Waals surface area contributed by atoms with E-state index in [9.17, 15) is 15.3 Å². The quantitative estimate of drug-likeness (QED) is 0.222. The van der Waals surface area contributed by atoms with Gasteiger partial charge in [-0.05, 0) is 65.5 Å². The normalized spacial score (nSPS) is 26.3. The van der Waals surface area contributed by atoms with Gasteiger partial charge in [-0.1, -0.05) is 74.8 Å².